The van der Waals surface area contributed by atoms with Crippen LogP contribution in [0, 0.1) is 5.92 Å². The van der Waals surface area contributed by atoms with Gasteiger partial charge in [-0.25, -0.2) is 0 Å². The van der Waals surface area contributed by atoms with Crippen molar-refractivity contribution < 1.29 is 14.6 Å². The first-order valence-corrected chi connectivity index (χ1v) is 7.85. The lowest BCUT2D eigenvalue weighted by Crippen LogP contribution is -2.40. The molecule has 1 aromatic rings. The molecule has 1 aliphatic carbocycles. The van der Waals surface area contributed by atoms with Crippen LogP contribution in [0.4, 0.5) is 0 Å². The van der Waals surface area contributed by atoms with Crippen LogP contribution in [0.1, 0.15) is 32.6 Å². The van der Waals surface area contributed by atoms with E-state index in [0.29, 0.717) is 19.7 Å². The number of aliphatic hydroxyl groups excluding tert-OH is 1. The SMILES string of the molecule is CCN(CCOc1ccccc1)C(=O)C1CCC(O)CC1. The Morgan fingerprint density at radius 3 is 2.52 bits per heavy atom. The van der Waals surface area contributed by atoms with Gasteiger partial charge in [-0.2, -0.15) is 0 Å². The summed E-state index contributed by atoms with van der Waals surface area (Å²) in [5, 5.41) is 9.53. The van der Waals surface area contributed by atoms with Crippen LogP contribution < -0.4 is 4.74 Å². The second-order valence-electron chi connectivity index (χ2n) is 5.58. The molecule has 0 saturated heterocycles. The van der Waals surface area contributed by atoms with Crippen molar-refractivity contribution in [3.05, 3.63) is 30.3 Å². The van der Waals surface area contributed by atoms with E-state index >= 15 is 0 Å². The van der Waals surface area contributed by atoms with Gasteiger partial charge in [-0.15, -0.1) is 0 Å². The van der Waals surface area contributed by atoms with Gasteiger partial charge in [0, 0.05) is 12.5 Å². The molecule has 1 N–H and O–H groups in total. The van der Waals surface area contributed by atoms with Crippen LogP contribution in [-0.4, -0.2) is 41.7 Å². The van der Waals surface area contributed by atoms with Crippen molar-refractivity contribution in [1.29, 1.82) is 0 Å². The Labute approximate surface area is 126 Å². The fourth-order valence-corrected chi connectivity index (χ4v) is 2.80. The number of ether oxygens (including phenoxy) is 1. The van der Waals surface area contributed by atoms with Crippen molar-refractivity contribution in [2.75, 3.05) is 19.7 Å². The van der Waals surface area contributed by atoms with Crippen LogP contribution in [0.5, 0.6) is 5.75 Å². The first-order chi connectivity index (χ1) is 10.2. The van der Waals surface area contributed by atoms with Gasteiger partial charge in [-0.05, 0) is 44.7 Å². The minimum atomic E-state index is -0.217. The smallest absolute Gasteiger partial charge is 0.225 e. The molecule has 2 rings (SSSR count). The van der Waals surface area contributed by atoms with E-state index in [1.165, 1.54) is 0 Å². The van der Waals surface area contributed by atoms with E-state index in [9.17, 15) is 9.90 Å². The standard InChI is InChI=1S/C17H25NO3/c1-2-18(12-13-21-16-6-4-3-5-7-16)17(20)14-8-10-15(19)11-9-14/h3-7,14-15,19H,2,8-13H2,1H3. The summed E-state index contributed by atoms with van der Waals surface area (Å²) in [6.07, 6.45) is 2.88. The summed E-state index contributed by atoms with van der Waals surface area (Å²) in [5.74, 6) is 1.12. The molecular weight excluding hydrogens is 266 g/mol. The van der Waals surface area contributed by atoms with Crippen LogP contribution in [0.2, 0.25) is 0 Å². The molecule has 1 fully saturated rings. The maximum absolute atomic E-state index is 12.5. The first-order valence-electron chi connectivity index (χ1n) is 7.85. The number of carbonyl (C=O) groups excluding carboxylic acids is 1. The zero-order valence-corrected chi connectivity index (χ0v) is 12.7. The van der Waals surface area contributed by atoms with E-state index < -0.39 is 0 Å². The van der Waals surface area contributed by atoms with Gasteiger partial charge in [0.05, 0.1) is 12.6 Å². The van der Waals surface area contributed by atoms with Gasteiger partial charge in [0.2, 0.25) is 5.91 Å². The van der Waals surface area contributed by atoms with Crippen LogP contribution in [0.25, 0.3) is 0 Å². The molecule has 1 saturated carbocycles. The molecule has 0 atom stereocenters. The van der Waals surface area contributed by atoms with Gasteiger partial charge in [-0.3, -0.25) is 4.79 Å². The molecule has 4 heteroatoms. The van der Waals surface area contributed by atoms with Crippen molar-refractivity contribution in [2.24, 2.45) is 5.92 Å². The summed E-state index contributed by atoms with van der Waals surface area (Å²) < 4.78 is 5.66. The van der Waals surface area contributed by atoms with Crippen LogP contribution in [-0.2, 0) is 4.79 Å². The third-order valence-corrected chi connectivity index (χ3v) is 4.11. The quantitative estimate of drug-likeness (QED) is 0.876. The van der Waals surface area contributed by atoms with Crippen LogP contribution in [0.15, 0.2) is 30.3 Å². The van der Waals surface area contributed by atoms with Gasteiger partial charge in [0.15, 0.2) is 0 Å². The summed E-state index contributed by atoms with van der Waals surface area (Å²) in [6, 6.07) is 9.66. The minimum Gasteiger partial charge on any atom is -0.492 e. The largest absolute Gasteiger partial charge is 0.492 e. The molecule has 0 aliphatic heterocycles. The molecule has 0 radical (unpaired) electrons. The van der Waals surface area contributed by atoms with Gasteiger partial charge < -0.3 is 14.7 Å². The number of rotatable bonds is 6. The molecule has 0 unspecified atom stereocenters. The number of likely N-dealkylation sites (N-methyl/N-ethyl adjacent to an activating group) is 1. The van der Waals surface area contributed by atoms with Gasteiger partial charge in [0.1, 0.15) is 12.4 Å². The lowest BCUT2D eigenvalue weighted by atomic mass is 9.86. The van der Waals surface area contributed by atoms with E-state index in [4.69, 9.17) is 4.74 Å². The molecule has 116 valence electrons. The Morgan fingerprint density at radius 2 is 1.90 bits per heavy atom. The minimum absolute atomic E-state index is 0.0741. The van der Waals surface area contributed by atoms with E-state index in [1.807, 2.05) is 42.2 Å². The monoisotopic (exact) mass is 291 g/mol. The Balaban J connectivity index is 1.78. The third-order valence-electron chi connectivity index (χ3n) is 4.11. The number of amides is 1. The van der Waals surface area contributed by atoms with Gasteiger partial charge >= 0.3 is 0 Å². The molecule has 0 spiro atoms. The zero-order valence-electron chi connectivity index (χ0n) is 12.7. The number of benzene rings is 1. The van der Waals surface area contributed by atoms with Crippen molar-refractivity contribution in [1.82, 2.24) is 4.90 Å². The summed E-state index contributed by atoms with van der Waals surface area (Å²) in [7, 11) is 0. The number of aliphatic hydroxyl groups is 1. The van der Waals surface area contributed by atoms with E-state index in [1.54, 1.807) is 0 Å². The Bertz CT molecular complexity index is 427. The summed E-state index contributed by atoms with van der Waals surface area (Å²) in [4.78, 5) is 14.3. The molecule has 0 bridgehead atoms. The van der Waals surface area contributed by atoms with Gasteiger partial charge in [-0.1, -0.05) is 18.2 Å². The van der Waals surface area contributed by atoms with Crippen molar-refractivity contribution >= 4 is 5.91 Å². The maximum Gasteiger partial charge on any atom is 0.225 e. The highest BCUT2D eigenvalue weighted by atomic mass is 16.5. The highest BCUT2D eigenvalue weighted by Gasteiger charge is 2.28. The number of hydrogen-bond acceptors (Lipinski definition) is 3. The van der Waals surface area contributed by atoms with Crippen molar-refractivity contribution in [3.63, 3.8) is 0 Å². The first kappa shape index (κ1) is 15.8. The second-order valence-corrected chi connectivity index (χ2v) is 5.58. The lowest BCUT2D eigenvalue weighted by molar-refractivity contribution is -0.137. The molecular formula is C17H25NO3. The molecule has 0 heterocycles. The second kappa shape index (κ2) is 8.03. The molecule has 1 amide bonds. The van der Waals surface area contributed by atoms with E-state index in [-0.39, 0.29) is 17.9 Å². The third kappa shape index (κ3) is 4.74. The molecule has 4 nitrogen and oxygen atoms in total. The fraction of sp³-hybridized carbons (Fsp3) is 0.588. The normalized spacial score (nSPS) is 21.8. The highest BCUT2D eigenvalue weighted by molar-refractivity contribution is 5.78. The van der Waals surface area contributed by atoms with Gasteiger partial charge in [0.25, 0.3) is 0 Å². The number of para-hydroxylation sites is 1. The molecule has 1 aromatic carbocycles. The molecule has 1 aliphatic rings. The topological polar surface area (TPSA) is 49.8 Å². The average Bonchev–Trinajstić information content (AvgIpc) is 2.53. The summed E-state index contributed by atoms with van der Waals surface area (Å²) in [6.45, 7) is 3.83. The number of carbonyl (C=O) groups is 1. The van der Waals surface area contributed by atoms with Crippen LogP contribution >= 0.6 is 0 Å². The zero-order chi connectivity index (χ0) is 15.1. The Kier molecular flexibility index (Phi) is 6.05. The summed E-state index contributed by atoms with van der Waals surface area (Å²) in [5.41, 5.74) is 0. The average molecular weight is 291 g/mol. The fourth-order valence-electron chi connectivity index (χ4n) is 2.80. The predicted octanol–water partition coefficient (Wildman–Crippen LogP) is 2.47. The molecule has 0 aromatic heterocycles. The van der Waals surface area contributed by atoms with E-state index in [2.05, 4.69) is 0 Å². The maximum atomic E-state index is 12.5. The van der Waals surface area contributed by atoms with Crippen molar-refractivity contribution in [2.45, 2.75) is 38.7 Å². The Morgan fingerprint density at radius 1 is 1.24 bits per heavy atom. The Hall–Kier alpha value is -1.55. The molecule has 21 heavy (non-hydrogen) atoms. The predicted molar refractivity (Wildman–Crippen MR) is 82.2 cm³/mol. The van der Waals surface area contributed by atoms with Crippen LogP contribution in [0.3, 0.4) is 0 Å². The summed E-state index contributed by atoms with van der Waals surface area (Å²) >= 11 is 0. The lowest BCUT2D eigenvalue weighted by Gasteiger charge is -2.30. The van der Waals surface area contributed by atoms with Crippen molar-refractivity contribution in [3.8, 4) is 5.75 Å². The van der Waals surface area contributed by atoms with E-state index in [0.717, 1.165) is 31.4 Å². The highest BCUT2D eigenvalue weighted by Crippen LogP contribution is 2.25. The number of hydrogen-bond donors (Lipinski definition) is 1. The number of nitrogens with zero attached hydrogens (tertiary/aromatic N) is 1.